The normalized spacial score (nSPS) is 23.3. The second-order valence-electron chi connectivity index (χ2n) is 8.26. The Labute approximate surface area is 171 Å². The van der Waals surface area contributed by atoms with Gasteiger partial charge in [-0.2, -0.15) is 5.10 Å². The molecule has 2 fully saturated rings. The van der Waals surface area contributed by atoms with Gasteiger partial charge in [-0.3, -0.25) is 9.48 Å². The molecule has 0 unspecified atom stereocenters. The van der Waals surface area contributed by atoms with Crippen molar-refractivity contribution in [2.24, 2.45) is 11.8 Å². The van der Waals surface area contributed by atoms with Gasteiger partial charge in [0.05, 0.1) is 12.6 Å². The number of amides is 3. The lowest BCUT2D eigenvalue weighted by molar-refractivity contribution is -0.130. The number of aromatic nitrogens is 3. The Morgan fingerprint density at radius 2 is 1.97 bits per heavy atom. The van der Waals surface area contributed by atoms with Crippen molar-refractivity contribution in [3.63, 3.8) is 0 Å². The minimum absolute atomic E-state index is 0.00390. The fourth-order valence-electron chi connectivity index (χ4n) is 4.74. The largest absolute Gasteiger partial charge is 0.342 e. The molecule has 0 N–H and O–H groups in total. The van der Waals surface area contributed by atoms with Crippen LogP contribution in [0.15, 0.2) is 36.9 Å². The molecule has 8 nitrogen and oxygen atoms in total. The summed E-state index contributed by atoms with van der Waals surface area (Å²) in [6.45, 7) is 4.72. The number of hydrogen-bond donors (Lipinski definition) is 0. The Bertz CT molecular complexity index is 881. The second kappa shape index (κ2) is 7.85. The third-order valence-corrected chi connectivity index (χ3v) is 6.17. The van der Waals surface area contributed by atoms with Crippen molar-refractivity contribution in [1.82, 2.24) is 29.5 Å². The first-order valence-corrected chi connectivity index (χ1v) is 10.1. The SMILES string of the molecule is Cc1ccccc1[C@H]1[C@@H]2CN(C(=O)CCn3cncn3)C[C@@H]2CN1C(=O)N(C)C. The molecule has 154 valence electrons. The van der Waals surface area contributed by atoms with Gasteiger partial charge >= 0.3 is 6.03 Å². The number of likely N-dealkylation sites (tertiary alicyclic amines) is 2. The number of carbonyl (C=O) groups is 2. The average molecular weight is 396 g/mol. The van der Waals surface area contributed by atoms with Crippen LogP contribution in [0.25, 0.3) is 0 Å². The third kappa shape index (κ3) is 3.71. The first-order chi connectivity index (χ1) is 14.0. The molecular formula is C21H28N6O2. The molecule has 1 aromatic carbocycles. The molecule has 8 heteroatoms. The molecule has 2 saturated heterocycles. The van der Waals surface area contributed by atoms with Gasteiger partial charge in [-0.15, -0.1) is 0 Å². The van der Waals surface area contributed by atoms with Gasteiger partial charge in [0, 0.05) is 52.0 Å². The molecule has 29 heavy (non-hydrogen) atoms. The second-order valence-corrected chi connectivity index (χ2v) is 8.26. The van der Waals surface area contributed by atoms with Crippen LogP contribution in [-0.2, 0) is 11.3 Å². The minimum Gasteiger partial charge on any atom is -0.342 e. The van der Waals surface area contributed by atoms with E-state index in [-0.39, 0.29) is 23.9 Å². The molecule has 3 heterocycles. The lowest BCUT2D eigenvalue weighted by Gasteiger charge is -2.32. The van der Waals surface area contributed by atoms with E-state index in [1.165, 1.54) is 17.5 Å². The topological polar surface area (TPSA) is 74.6 Å². The molecule has 4 rings (SSSR count). The quantitative estimate of drug-likeness (QED) is 0.790. The predicted octanol–water partition coefficient (Wildman–Crippen LogP) is 1.79. The van der Waals surface area contributed by atoms with E-state index in [0.29, 0.717) is 38.5 Å². The van der Waals surface area contributed by atoms with E-state index < -0.39 is 0 Å². The first kappa shape index (κ1) is 19.4. The van der Waals surface area contributed by atoms with E-state index in [2.05, 4.69) is 29.1 Å². The van der Waals surface area contributed by atoms with Gasteiger partial charge in [-0.25, -0.2) is 9.78 Å². The molecule has 2 aliphatic rings. The predicted molar refractivity (Wildman–Crippen MR) is 108 cm³/mol. The lowest BCUT2D eigenvalue weighted by atomic mass is 9.88. The van der Waals surface area contributed by atoms with Crippen LogP contribution in [-0.4, -0.2) is 75.1 Å². The smallest absolute Gasteiger partial charge is 0.320 e. The maximum absolute atomic E-state index is 12.9. The molecule has 3 atom stereocenters. The van der Waals surface area contributed by atoms with Crippen molar-refractivity contribution in [2.75, 3.05) is 33.7 Å². The molecule has 2 aliphatic heterocycles. The molecule has 3 amide bonds. The maximum atomic E-state index is 12.9. The zero-order valence-electron chi connectivity index (χ0n) is 17.2. The molecule has 0 saturated carbocycles. The van der Waals surface area contributed by atoms with Gasteiger partial charge < -0.3 is 14.7 Å². The monoisotopic (exact) mass is 396 g/mol. The van der Waals surface area contributed by atoms with Crippen LogP contribution in [0.1, 0.15) is 23.6 Å². The highest BCUT2D eigenvalue weighted by molar-refractivity contribution is 5.77. The Hall–Kier alpha value is -2.90. The molecule has 0 aliphatic carbocycles. The van der Waals surface area contributed by atoms with E-state index in [1.807, 2.05) is 21.9 Å². The van der Waals surface area contributed by atoms with Crippen LogP contribution in [0.5, 0.6) is 0 Å². The van der Waals surface area contributed by atoms with Crippen molar-refractivity contribution in [2.45, 2.75) is 25.9 Å². The first-order valence-electron chi connectivity index (χ1n) is 10.1. The van der Waals surface area contributed by atoms with E-state index in [0.717, 1.165) is 0 Å². The summed E-state index contributed by atoms with van der Waals surface area (Å²) in [7, 11) is 3.59. The number of carbonyl (C=O) groups excluding carboxylic acids is 2. The number of urea groups is 1. The van der Waals surface area contributed by atoms with Gasteiger partial charge in [0.1, 0.15) is 12.7 Å². The Balaban J connectivity index is 1.52. The molecule has 0 radical (unpaired) electrons. The van der Waals surface area contributed by atoms with Crippen LogP contribution in [0, 0.1) is 18.8 Å². The van der Waals surface area contributed by atoms with Crippen molar-refractivity contribution in [3.05, 3.63) is 48.0 Å². The highest BCUT2D eigenvalue weighted by Gasteiger charge is 2.50. The lowest BCUT2D eigenvalue weighted by Crippen LogP contribution is -2.42. The zero-order chi connectivity index (χ0) is 20.5. The summed E-state index contributed by atoms with van der Waals surface area (Å²) in [4.78, 5) is 35.2. The number of rotatable bonds is 4. The summed E-state index contributed by atoms with van der Waals surface area (Å²) in [5.41, 5.74) is 2.37. The van der Waals surface area contributed by atoms with E-state index >= 15 is 0 Å². The van der Waals surface area contributed by atoms with Crippen LogP contribution in [0.4, 0.5) is 4.79 Å². The van der Waals surface area contributed by atoms with Gasteiger partial charge in [0.25, 0.3) is 0 Å². The molecule has 1 aromatic heterocycles. The van der Waals surface area contributed by atoms with Crippen molar-refractivity contribution >= 4 is 11.9 Å². The Morgan fingerprint density at radius 3 is 2.66 bits per heavy atom. The fourth-order valence-corrected chi connectivity index (χ4v) is 4.74. The van der Waals surface area contributed by atoms with Gasteiger partial charge in [0.15, 0.2) is 0 Å². The molecular weight excluding hydrogens is 368 g/mol. The van der Waals surface area contributed by atoms with Crippen LogP contribution in [0.3, 0.4) is 0 Å². The standard InChI is InChI=1S/C21H28N6O2/c1-15-6-4-5-7-17(15)20-18-12-25(19(28)8-9-26-14-22-13-23-26)10-16(18)11-27(20)21(29)24(2)3/h4-7,13-14,16,18,20H,8-12H2,1-3H3/t16-,18-,20+/m1/s1. The number of aryl methyl sites for hydroxylation is 2. The number of hydrogen-bond acceptors (Lipinski definition) is 4. The highest BCUT2D eigenvalue weighted by Crippen LogP contribution is 2.46. The van der Waals surface area contributed by atoms with Gasteiger partial charge in [0.2, 0.25) is 5.91 Å². The van der Waals surface area contributed by atoms with Crippen molar-refractivity contribution < 1.29 is 9.59 Å². The van der Waals surface area contributed by atoms with Gasteiger partial charge in [-0.1, -0.05) is 24.3 Å². The van der Waals surface area contributed by atoms with Crippen LogP contribution >= 0.6 is 0 Å². The maximum Gasteiger partial charge on any atom is 0.320 e. The van der Waals surface area contributed by atoms with E-state index in [1.54, 1.807) is 30.0 Å². The summed E-state index contributed by atoms with van der Waals surface area (Å²) in [5.74, 6) is 0.707. The van der Waals surface area contributed by atoms with E-state index in [9.17, 15) is 9.59 Å². The Morgan fingerprint density at radius 1 is 1.17 bits per heavy atom. The van der Waals surface area contributed by atoms with Crippen LogP contribution < -0.4 is 0 Å². The average Bonchev–Trinajstić information content (AvgIpc) is 3.42. The summed E-state index contributed by atoms with van der Waals surface area (Å²) in [6.07, 6.45) is 3.52. The van der Waals surface area contributed by atoms with Crippen LogP contribution in [0.2, 0.25) is 0 Å². The molecule has 0 bridgehead atoms. The molecule has 2 aromatic rings. The summed E-state index contributed by atoms with van der Waals surface area (Å²) < 4.78 is 1.68. The van der Waals surface area contributed by atoms with Gasteiger partial charge in [-0.05, 0) is 18.1 Å². The summed E-state index contributed by atoms with van der Waals surface area (Å²) >= 11 is 0. The third-order valence-electron chi connectivity index (χ3n) is 6.17. The number of nitrogens with zero attached hydrogens (tertiary/aromatic N) is 6. The summed E-state index contributed by atoms with van der Waals surface area (Å²) in [6, 6.07) is 8.31. The number of benzene rings is 1. The molecule has 0 spiro atoms. The van der Waals surface area contributed by atoms with E-state index in [4.69, 9.17) is 0 Å². The fraction of sp³-hybridized carbons (Fsp3) is 0.524. The number of fused-ring (bicyclic) bond motifs is 1. The zero-order valence-corrected chi connectivity index (χ0v) is 17.2. The highest BCUT2D eigenvalue weighted by atomic mass is 16.2. The minimum atomic E-state index is 0.00390. The summed E-state index contributed by atoms with van der Waals surface area (Å²) in [5, 5.41) is 4.07. The Kier molecular flexibility index (Phi) is 5.25. The van der Waals surface area contributed by atoms with Crippen molar-refractivity contribution in [1.29, 1.82) is 0 Å². The van der Waals surface area contributed by atoms with Crippen molar-refractivity contribution in [3.8, 4) is 0 Å².